The first-order valence-electron chi connectivity index (χ1n) is 6.78. The van der Waals surface area contributed by atoms with Gasteiger partial charge < -0.3 is 9.47 Å². The van der Waals surface area contributed by atoms with Crippen LogP contribution in [0.2, 0.25) is 0 Å². The molecule has 0 atom stereocenters. The van der Waals surface area contributed by atoms with Crippen molar-refractivity contribution in [3.05, 3.63) is 35.9 Å². The minimum atomic E-state index is -0.583. The van der Waals surface area contributed by atoms with Crippen molar-refractivity contribution >= 4 is 12.1 Å². The van der Waals surface area contributed by atoms with Crippen LogP contribution in [-0.2, 0) is 20.9 Å². The number of benzene rings is 1. The summed E-state index contributed by atoms with van der Waals surface area (Å²) < 4.78 is 10.1. The first kappa shape index (κ1) is 17.0. The molecule has 0 saturated carbocycles. The number of hydrogen-bond donors (Lipinski definition) is 2. The Morgan fingerprint density at radius 2 is 1.81 bits per heavy atom. The molecule has 1 amide bonds. The smallest absolute Gasteiger partial charge is 0.422 e. The molecule has 116 valence electrons. The maximum Gasteiger partial charge on any atom is 0.422 e. The number of amides is 1. The first-order valence-corrected chi connectivity index (χ1v) is 6.78. The Hall–Kier alpha value is -2.08. The Bertz CT molecular complexity index is 454. The van der Waals surface area contributed by atoms with Crippen molar-refractivity contribution < 1.29 is 19.1 Å². The van der Waals surface area contributed by atoms with Crippen molar-refractivity contribution in [2.75, 3.05) is 6.54 Å². The maximum atomic E-state index is 11.5. The highest BCUT2D eigenvalue weighted by Gasteiger charge is 2.15. The Labute approximate surface area is 124 Å². The van der Waals surface area contributed by atoms with Gasteiger partial charge in [0.2, 0.25) is 0 Å². The monoisotopic (exact) mass is 294 g/mol. The van der Waals surface area contributed by atoms with Gasteiger partial charge >= 0.3 is 12.1 Å². The lowest BCUT2D eigenvalue weighted by Gasteiger charge is -2.19. The largest absolute Gasteiger partial charge is 0.461 e. The predicted molar refractivity (Wildman–Crippen MR) is 78.2 cm³/mol. The van der Waals surface area contributed by atoms with Gasteiger partial charge in [0.1, 0.15) is 12.2 Å². The lowest BCUT2D eigenvalue weighted by atomic mass is 10.2. The van der Waals surface area contributed by atoms with Crippen LogP contribution in [0, 0.1) is 0 Å². The number of rotatable bonds is 6. The van der Waals surface area contributed by atoms with Crippen LogP contribution in [-0.4, -0.2) is 24.2 Å². The molecular formula is C15H22N2O4. The van der Waals surface area contributed by atoms with Crippen LogP contribution >= 0.6 is 0 Å². The molecule has 0 fully saturated rings. The van der Waals surface area contributed by atoms with Gasteiger partial charge in [-0.15, -0.1) is 0 Å². The summed E-state index contributed by atoms with van der Waals surface area (Å²) in [5, 5.41) is 0. The maximum absolute atomic E-state index is 11.5. The Kier molecular flexibility index (Phi) is 6.68. The Morgan fingerprint density at radius 1 is 1.14 bits per heavy atom. The molecule has 1 rings (SSSR count). The van der Waals surface area contributed by atoms with Gasteiger partial charge in [-0.25, -0.2) is 10.2 Å². The molecule has 0 spiro atoms. The molecule has 0 aliphatic rings. The molecule has 0 saturated heterocycles. The SMILES string of the molecule is CC(C)(C)OC(=O)NNCCC(=O)OCc1ccccc1. The molecule has 0 radical (unpaired) electrons. The van der Waals surface area contributed by atoms with Crippen LogP contribution in [0.25, 0.3) is 0 Å². The van der Waals surface area contributed by atoms with Crippen molar-refractivity contribution in [1.29, 1.82) is 0 Å². The third-order valence-electron chi connectivity index (χ3n) is 2.29. The van der Waals surface area contributed by atoms with Crippen LogP contribution in [0.4, 0.5) is 4.79 Å². The number of nitrogens with one attached hydrogen (secondary N) is 2. The van der Waals surface area contributed by atoms with Crippen LogP contribution in [0.1, 0.15) is 32.8 Å². The fraction of sp³-hybridized carbons (Fsp3) is 0.467. The summed E-state index contributed by atoms with van der Waals surface area (Å²) in [4.78, 5) is 22.8. The lowest BCUT2D eigenvalue weighted by Crippen LogP contribution is -2.42. The summed E-state index contributed by atoms with van der Waals surface area (Å²) in [6.45, 7) is 5.83. The highest BCUT2D eigenvalue weighted by atomic mass is 16.6. The second-order valence-electron chi connectivity index (χ2n) is 5.45. The van der Waals surface area contributed by atoms with Gasteiger partial charge in [0.15, 0.2) is 0 Å². The zero-order valence-electron chi connectivity index (χ0n) is 12.6. The molecule has 0 aromatic heterocycles. The van der Waals surface area contributed by atoms with Crippen molar-refractivity contribution in [3.8, 4) is 0 Å². The first-order chi connectivity index (χ1) is 9.87. The van der Waals surface area contributed by atoms with E-state index in [1.165, 1.54) is 0 Å². The van der Waals surface area contributed by atoms with Gasteiger partial charge in [0, 0.05) is 6.54 Å². The fourth-order valence-electron chi connectivity index (χ4n) is 1.41. The summed E-state index contributed by atoms with van der Waals surface area (Å²) in [5.74, 6) is -0.336. The minimum Gasteiger partial charge on any atom is -0.461 e. The van der Waals surface area contributed by atoms with E-state index in [0.29, 0.717) is 0 Å². The van der Waals surface area contributed by atoms with E-state index in [9.17, 15) is 9.59 Å². The molecule has 0 aliphatic carbocycles. The molecule has 1 aromatic rings. The molecule has 1 aromatic carbocycles. The quantitative estimate of drug-likeness (QED) is 0.477. The predicted octanol–water partition coefficient (Wildman–Crippen LogP) is 2.15. The summed E-state index contributed by atoms with van der Waals surface area (Å²) in [6.07, 6.45) is -0.428. The number of ether oxygens (including phenoxy) is 2. The standard InChI is InChI=1S/C15H22N2O4/c1-15(2,3)21-14(19)17-16-10-9-13(18)20-11-12-7-5-4-6-8-12/h4-8,16H,9-11H2,1-3H3,(H,17,19). The Morgan fingerprint density at radius 3 is 2.43 bits per heavy atom. The van der Waals surface area contributed by atoms with Crippen molar-refractivity contribution in [2.24, 2.45) is 0 Å². The highest BCUT2D eigenvalue weighted by Crippen LogP contribution is 2.05. The van der Waals surface area contributed by atoms with Crippen molar-refractivity contribution in [3.63, 3.8) is 0 Å². The van der Waals surface area contributed by atoms with Gasteiger partial charge in [0.05, 0.1) is 6.42 Å². The highest BCUT2D eigenvalue weighted by molar-refractivity contribution is 5.70. The van der Waals surface area contributed by atoms with Gasteiger partial charge in [-0.05, 0) is 26.3 Å². The number of carbonyl (C=O) groups excluding carboxylic acids is 2. The van der Waals surface area contributed by atoms with Gasteiger partial charge in [-0.2, -0.15) is 0 Å². The summed E-state index contributed by atoms with van der Waals surface area (Å²) >= 11 is 0. The number of hydrazine groups is 1. The van der Waals surface area contributed by atoms with E-state index >= 15 is 0 Å². The molecule has 2 N–H and O–H groups in total. The number of hydrogen-bond acceptors (Lipinski definition) is 5. The third-order valence-corrected chi connectivity index (χ3v) is 2.29. The van der Waals surface area contributed by atoms with E-state index in [1.54, 1.807) is 20.8 Å². The van der Waals surface area contributed by atoms with E-state index < -0.39 is 11.7 Å². The molecule has 0 unspecified atom stereocenters. The van der Waals surface area contributed by atoms with Crippen LogP contribution in [0.5, 0.6) is 0 Å². The van der Waals surface area contributed by atoms with E-state index in [0.717, 1.165) is 5.56 Å². The van der Waals surface area contributed by atoms with E-state index in [-0.39, 0.29) is 25.5 Å². The van der Waals surface area contributed by atoms with Crippen molar-refractivity contribution in [2.45, 2.75) is 39.4 Å². The van der Waals surface area contributed by atoms with Gasteiger partial charge in [-0.1, -0.05) is 30.3 Å². The molecule has 0 heterocycles. The van der Waals surface area contributed by atoms with Crippen LogP contribution < -0.4 is 10.9 Å². The summed E-state index contributed by atoms with van der Waals surface area (Å²) in [5.41, 5.74) is 5.34. The average Bonchev–Trinajstić information content (AvgIpc) is 2.40. The van der Waals surface area contributed by atoms with Gasteiger partial charge in [-0.3, -0.25) is 10.2 Å². The molecule has 21 heavy (non-hydrogen) atoms. The average molecular weight is 294 g/mol. The van der Waals surface area contributed by atoms with Crippen LogP contribution in [0.15, 0.2) is 30.3 Å². The summed E-state index contributed by atoms with van der Waals surface area (Å²) in [7, 11) is 0. The van der Waals surface area contributed by atoms with E-state index in [4.69, 9.17) is 9.47 Å². The number of carbonyl (C=O) groups is 2. The lowest BCUT2D eigenvalue weighted by molar-refractivity contribution is -0.144. The number of esters is 1. The molecule has 0 bridgehead atoms. The second-order valence-corrected chi connectivity index (χ2v) is 5.45. The zero-order valence-corrected chi connectivity index (χ0v) is 12.6. The third kappa shape index (κ3) is 8.65. The van der Waals surface area contributed by atoms with Crippen molar-refractivity contribution in [1.82, 2.24) is 10.9 Å². The van der Waals surface area contributed by atoms with E-state index in [2.05, 4.69) is 10.9 Å². The van der Waals surface area contributed by atoms with Gasteiger partial charge in [0.25, 0.3) is 0 Å². The van der Waals surface area contributed by atoms with E-state index in [1.807, 2.05) is 30.3 Å². The normalized spacial score (nSPS) is 10.8. The topological polar surface area (TPSA) is 76.7 Å². The second kappa shape index (κ2) is 8.26. The molecular weight excluding hydrogens is 272 g/mol. The van der Waals surface area contributed by atoms with Crippen LogP contribution in [0.3, 0.4) is 0 Å². The summed E-state index contributed by atoms with van der Waals surface area (Å²) in [6, 6.07) is 9.44. The fourth-order valence-corrected chi connectivity index (χ4v) is 1.41. The molecule has 6 nitrogen and oxygen atoms in total. The minimum absolute atomic E-state index is 0.155. The Balaban J connectivity index is 2.10. The molecule has 0 aliphatic heterocycles. The molecule has 6 heteroatoms. The zero-order chi connectivity index (χ0) is 15.7.